The van der Waals surface area contributed by atoms with Crippen LogP contribution in [0.2, 0.25) is 10.0 Å². The fourth-order valence-corrected chi connectivity index (χ4v) is 3.12. The molecule has 0 bridgehead atoms. The molecule has 0 fully saturated rings. The predicted octanol–water partition coefficient (Wildman–Crippen LogP) is 6.29. The number of carbonyl (C=O) groups excluding carboxylic acids is 1. The molecule has 2 nitrogen and oxygen atoms in total. The van der Waals surface area contributed by atoms with Gasteiger partial charge in [-0.1, -0.05) is 29.3 Å². The third-order valence-electron chi connectivity index (χ3n) is 4.35. The van der Waals surface area contributed by atoms with Crippen molar-refractivity contribution in [1.82, 2.24) is 0 Å². The molecule has 0 spiro atoms. The Morgan fingerprint density at radius 1 is 0.900 bits per heavy atom. The predicted molar refractivity (Wildman–Crippen MR) is 102 cm³/mol. The zero-order valence-corrected chi connectivity index (χ0v) is 16.7. The zero-order chi connectivity index (χ0) is 22.7. The number of aryl methyl sites for hydroxylation is 1. The topological polar surface area (TPSA) is 43.1 Å². The van der Waals surface area contributed by atoms with E-state index >= 15 is 0 Å². The van der Waals surface area contributed by atoms with Gasteiger partial charge in [0.15, 0.2) is 0 Å². The van der Waals surface area contributed by atoms with Crippen molar-refractivity contribution in [3.8, 4) is 0 Å². The number of hydrogen-bond donors (Lipinski definition) is 1. The first-order chi connectivity index (χ1) is 13.8. The molecule has 0 aromatic heterocycles. The fraction of sp³-hybridized carbons (Fsp3) is 0.300. The lowest BCUT2D eigenvalue weighted by Gasteiger charge is -2.16. The second-order valence-corrected chi connectivity index (χ2v) is 7.41. The minimum atomic E-state index is -4.94. The lowest BCUT2D eigenvalue weighted by molar-refractivity contribution is -0.143. The molecule has 0 aliphatic heterocycles. The van der Waals surface area contributed by atoms with E-state index in [0.717, 1.165) is 0 Å². The van der Waals surface area contributed by atoms with Crippen LogP contribution in [0.25, 0.3) is 0 Å². The van der Waals surface area contributed by atoms with Gasteiger partial charge >= 0.3 is 12.4 Å². The second kappa shape index (κ2) is 9.43. The molecule has 1 unspecified atom stereocenters. The summed E-state index contributed by atoms with van der Waals surface area (Å²) in [5.74, 6) is 1.65. The molecule has 2 aromatic rings. The van der Waals surface area contributed by atoms with E-state index in [9.17, 15) is 31.1 Å². The average molecular weight is 470 g/mol. The third kappa shape index (κ3) is 6.51. The Kier molecular flexibility index (Phi) is 7.64. The van der Waals surface area contributed by atoms with Crippen molar-refractivity contribution in [2.24, 2.45) is 5.73 Å². The van der Waals surface area contributed by atoms with Crippen molar-refractivity contribution < 1.29 is 31.1 Å². The van der Waals surface area contributed by atoms with E-state index in [2.05, 4.69) is 0 Å². The van der Waals surface area contributed by atoms with Crippen LogP contribution in [0.4, 0.5) is 26.3 Å². The number of alkyl halides is 6. The van der Waals surface area contributed by atoms with E-state index in [-0.39, 0.29) is 41.5 Å². The Morgan fingerprint density at radius 2 is 1.47 bits per heavy atom. The summed E-state index contributed by atoms with van der Waals surface area (Å²) in [5.41, 5.74) is 3.62. The third-order valence-corrected chi connectivity index (χ3v) is 5.09. The van der Waals surface area contributed by atoms with Crippen molar-refractivity contribution in [2.45, 2.75) is 37.7 Å². The molecule has 0 saturated carbocycles. The van der Waals surface area contributed by atoms with Crippen LogP contribution in [-0.2, 0) is 30.0 Å². The van der Waals surface area contributed by atoms with Gasteiger partial charge in [0, 0.05) is 11.6 Å². The smallest absolute Gasteiger partial charge is 0.323 e. The molecule has 2 rings (SSSR count). The maximum Gasteiger partial charge on any atom is 0.416 e. The monoisotopic (exact) mass is 469 g/mol. The summed E-state index contributed by atoms with van der Waals surface area (Å²) < 4.78 is 77.7. The van der Waals surface area contributed by atoms with Gasteiger partial charge in [0.05, 0.1) is 21.2 Å². The quantitative estimate of drug-likeness (QED) is 0.398. The van der Waals surface area contributed by atoms with Gasteiger partial charge in [-0.25, -0.2) is 4.79 Å². The lowest BCUT2D eigenvalue weighted by Crippen LogP contribution is -2.26. The summed E-state index contributed by atoms with van der Waals surface area (Å²) in [6.45, 7) is 0. The highest BCUT2D eigenvalue weighted by molar-refractivity contribution is 6.42. The molecular formula is C20H15Cl2F6NO. The molecule has 162 valence electrons. The van der Waals surface area contributed by atoms with Crippen LogP contribution in [0.5, 0.6) is 0 Å². The van der Waals surface area contributed by atoms with Gasteiger partial charge in [-0.05, 0) is 60.7 Å². The normalized spacial score (nSPS) is 13.1. The van der Waals surface area contributed by atoms with Crippen LogP contribution in [0.1, 0.15) is 28.7 Å². The second-order valence-electron chi connectivity index (χ2n) is 6.60. The minimum absolute atomic E-state index is 0.0343. The summed E-state index contributed by atoms with van der Waals surface area (Å²) in [4.78, 5) is 11.3. The number of hydrogen-bond acceptors (Lipinski definition) is 2. The zero-order valence-electron chi connectivity index (χ0n) is 15.2. The molecule has 0 heterocycles. The molecule has 10 heteroatoms. The highest BCUT2D eigenvalue weighted by Crippen LogP contribution is 2.36. The molecule has 30 heavy (non-hydrogen) atoms. The Hall–Kier alpha value is -1.99. The number of rotatable bonds is 6. The van der Waals surface area contributed by atoms with Gasteiger partial charge in [-0.3, -0.25) is 0 Å². The van der Waals surface area contributed by atoms with Gasteiger partial charge < -0.3 is 5.73 Å². The van der Waals surface area contributed by atoms with E-state index in [1.165, 1.54) is 6.07 Å². The molecule has 0 radical (unpaired) electrons. The van der Waals surface area contributed by atoms with Gasteiger partial charge in [0.2, 0.25) is 0 Å². The Labute approximate surface area is 178 Å². The van der Waals surface area contributed by atoms with Crippen LogP contribution in [0, 0.1) is 0 Å². The van der Waals surface area contributed by atoms with Crippen molar-refractivity contribution >= 4 is 29.1 Å². The number of nitrogens with two attached hydrogens (primary N) is 1. The summed E-state index contributed by atoms with van der Waals surface area (Å²) in [6, 6.07) is 5.19. The maximum atomic E-state index is 13.0. The van der Waals surface area contributed by atoms with Crippen LogP contribution >= 0.6 is 23.2 Å². The SMILES string of the molecule is NC(Cc1ccc(Cl)c(Cl)c1)C(=C=O)CCc1cc(C(F)(F)F)cc(C(F)(F)F)c1. The maximum absolute atomic E-state index is 13.0. The van der Waals surface area contributed by atoms with E-state index in [1.807, 2.05) is 0 Å². The number of halogens is 8. The minimum Gasteiger partial charge on any atom is -0.323 e. The van der Waals surface area contributed by atoms with E-state index in [0.29, 0.717) is 22.7 Å². The van der Waals surface area contributed by atoms with Crippen LogP contribution in [0.3, 0.4) is 0 Å². The van der Waals surface area contributed by atoms with E-state index in [1.54, 1.807) is 18.1 Å². The van der Waals surface area contributed by atoms with Gasteiger partial charge in [-0.2, -0.15) is 26.3 Å². The van der Waals surface area contributed by atoms with Crippen LogP contribution in [-0.4, -0.2) is 12.0 Å². The Balaban J connectivity index is 2.19. The average Bonchev–Trinajstić information content (AvgIpc) is 2.63. The Morgan fingerprint density at radius 3 is 1.93 bits per heavy atom. The summed E-state index contributed by atoms with van der Waals surface area (Å²) in [6.07, 6.45) is -10.1. The lowest BCUT2D eigenvalue weighted by atomic mass is 9.94. The van der Waals surface area contributed by atoms with Gasteiger partial charge in [-0.15, -0.1) is 0 Å². The van der Waals surface area contributed by atoms with Crippen molar-refractivity contribution in [1.29, 1.82) is 0 Å². The molecule has 2 aromatic carbocycles. The Bertz CT molecular complexity index is 932. The first-order valence-electron chi connectivity index (χ1n) is 8.53. The van der Waals surface area contributed by atoms with Crippen molar-refractivity contribution in [2.75, 3.05) is 0 Å². The van der Waals surface area contributed by atoms with Crippen molar-refractivity contribution in [3.63, 3.8) is 0 Å². The highest BCUT2D eigenvalue weighted by Gasteiger charge is 2.36. The first kappa shape index (κ1) is 24.3. The molecule has 0 saturated heterocycles. The van der Waals surface area contributed by atoms with E-state index in [4.69, 9.17) is 28.9 Å². The highest BCUT2D eigenvalue weighted by atomic mass is 35.5. The van der Waals surface area contributed by atoms with Crippen LogP contribution in [0.15, 0.2) is 42.0 Å². The largest absolute Gasteiger partial charge is 0.416 e. The number of benzene rings is 2. The fourth-order valence-electron chi connectivity index (χ4n) is 2.80. The standard InChI is InChI=1S/C20H15Cl2F6NO/c21-16-4-2-12(7-17(16)22)8-18(29)13(10-30)3-1-11-5-14(19(23,24)25)9-15(6-11)20(26,27)28/h2,4-7,9,18H,1,3,8,29H2. The summed E-state index contributed by atoms with van der Waals surface area (Å²) in [7, 11) is 0. The first-order valence-corrected chi connectivity index (χ1v) is 9.28. The van der Waals surface area contributed by atoms with E-state index < -0.39 is 29.5 Å². The summed E-state index contributed by atoms with van der Waals surface area (Å²) >= 11 is 11.7. The van der Waals surface area contributed by atoms with Crippen molar-refractivity contribution in [3.05, 3.63) is 74.3 Å². The molecule has 1 atom stereocenters. The molecular weight excluding hydrogens is 455 g/mol. The van der Waals surface area contributed by atoms with Crippen LogP contribution < -0.4 is 5.73 Å². The molecule has 0 aliphatic carbocycles. The molecule has 0 amide bonds. The van der Waals surface area contributed by atoms with Gasteiger partial charge in [0.25, 0.3) is 0 Å². The van der Waals surface area contributed by atoms with Gasteiger partial charge in [0.1, 0.15) is 5.94 Å². The molecule has 0 aliphatic rings. The molecule has 2 N–H and O–H groups in total. The summed E-state index contributed by atoms with van der Waals surface area (Å²) in [5, 5.41) is 0.604.